The molecule has 0 unspecified atom stereocenters. The number of hydrogen-bond donors (Lipinski definition) is 0. The molecule has 0 aliphatic carbocycles. The van der Waals surface area contributed by atoms with Crippen molar-refractivity contribution in [3.05, 3.63) is 53.1 Å². The van der Waals surface area contributed by atoms with Crippen LogP contribution in [0.25, 0.3) is 0 Å². The first-order valence-corrected chi connectivity index (χ1v) is 10.6. The molecule has 2 saturated heterocycles. The number of ketones is 1. The highest BCUT2D eigenvalue weighted by Gasteiger charge is 2.43. The van der Waals surface area contributed by atoms with Crippen LogP contribution in [0.15, 0.2) is 42.5 Å². The Morgan fingerprint density at radius 3 is 2.23 bits per heavy atom. The zero-order valence-electron chi connectivity index (χ0n) is 17.5. The molecule has 0 saturated carbocycles. The molecule has 4 rings (SSSR count). The number of anilines is 2. The molecule has 2 fully saturated rings. The average molecular weight is 442 g/mol. The van der Waals surface area contributed by atoms with E-state index in [0.29, 0.717) is 35.1 Å². The van der Waals surface area contributed by atoms with Crippen LogP contribution in [0.2, 0.25) is 5.02 Å². The Balaban J connectivity index is 1.42. The lowest BCUT2D eigenvalue weighted by Crippen LogP contribution is -2.52. The van der Waals surface area contributed by atoms with Crippen LogP contribution in [0.3, 0.4) is 0 Å². The second-order valence-corrected chi connectivity index (χ2v) is 8.14. The van der Waals surface area contributed by atoms with Gasteiger partial charge in [0.2, 0.25) is 5.91 Å². The summed E-state index contributed by atoms with van der Waals surface area (Å²) < 4.78 is 5.15. The van der Waals surface area contributed by atoms with Gasteiger partial charge in [0, 0.05) is 37.4 Å². The summed E-state index contributed by atoms with van der Waals surface area (Å²) in [5.74, 6) is 0.0981. The van der Waals surface area contributed by atoms with Crippen LogP contribution in [0, 0.1) is 0 Å². The van der Waals surface area contributed by atoms with Gasteiger partial charge in [0.1, 0.15) is 5.75 Å². The highest BCUT2D eigenvalue weighted by atomic mass is 35.5. The molecule has 2 aromatic rings. The van der Waals surface area contributed by atoms with Crippen LogP contribution < -0.4 is 14.5 Å². The number of imide groups is 1. The average Bonchev–Trinajstić information content (AvgIpc) is 3.07. The van der Waals surface area contributed by atoms with Crippen molar-refractivity contribution in [1.82, 2.24) is 4.90 Å². The van der Waals surface area contributed by atoms with Crippen LogP contribution in [0.1, 0.15) is 23.7 Å². The summed E-state index contributed by atoms with van der Waals surface area (Å²) in [5.41, 5.74) is 2.21. The number of Topliss-reactive ketones (excluding diaryl/α,β-unsaturated/α-hetero) is 1. The van der Waals surface area contributed by atoms with Gasteiger partial charge >= 0.3 is 0 Å². The van der Waals surface area contributed by atoms with Gasteiger partial charge in [0.15, 0.2) is 5.78 Å². The molecule has 2 aromatic carbocycles. The summed E-state index contributed by atoms with van der Waals surface area (Å²) in [6.07, 6.45) is 0.162. The maximum atomic E-state index is 13.1. The van der Waals surface area contributed by atoms with Crippen molar-refractivity contribution in [3.8, 4) is 5.75 Å². The number of nitrogens with zero attached hydrogens (tertiary/aromatic N) is 3. The number of benzene rings is 2. The molecule has 2 aliphatic rings. The van der Waals surface area contributed by atoms with Crippen molar-refractivity contribution >= 4 is 40.6 Å². The van der Waals surface area contributed by atoms with E-state index in [1.165, 1.54) is 12.0 Å². The predicted molar refractivity (Wildman–Crippen MR) is 119 cm³/mol. The quantitative estimate of drug-likeness (QED) is 0.524. The number of hydrogen-bond acceptors (Lipinski definition) is 6. The summed E-state index contributed by atoms with van der Waals surface area (Å²) in [5, 5.41) is 0.355. The number of rotatable bonds is 5. The summed E-state index contributed by atoms with van der Waals surface area (Å²) in [4.78, 5) is 42.7. The Hall–Kier alpha value is -2.90. The molecule has 7 nitrogen and oxygen atoms in total. The molecule has 2 heterocycles. The maximum absolute atomic E-state index is 13.1. The number of methoxy groups -OCH3 is 1. The van der Waals surface area contributed by atoms with Crippen LogP contribution in [0.5, 0.6) is 5.75 Å². The largest absolute Gasteiger partial charge is 0.495 e. The highest BCUT2D eigenvalue weighted by Crippen LogP contribution is 2.33. The lowest BCUT2D eigenvalue weighted by atomic mass is 10.1. The first-order valence-electron chi connectivity index (χ1n) is 10.2. The van der Waals surface area contributed by atoms with E-state index in [1.54, 1.807) is 25.1 Å². The molecule has 162 valence electrons. The molecule has 0 N–H and O–H groups in total. The van der Waals surface area contributed by atoms with Crippen LogP contribution in [-0.2, 0) is 9.59 Å². The molecule has 2 aliphatic heterocycles. The topological polar surface area (TPSA) is 70.2 Å². The Morgan fingerprint density at radius 2 is 1.65 bits per heavy atom. The Morgan fingerprint density at radius 1 is 1.00 bits per heavy atom. The SMILES string of the molecule is COc1ccc(N2C(=O)C[C@H](N3CCN(c4ccc(C(C)=O)cc4)CC3)C2=O)cc1Cl. The number of halogens is 1. The molecule has 8 heteroatoms. The number of carbonyl (C=O) groups is 3. The van der Waals surface area contributed by atoms with Gasteiger partial charge < -0.3 is 9.64 Å². The monoisotopic (exact) mass is 441 g/mol. The first-order chi connectivity index (χ1) is 14.9. The smallest absolute Gasteiger partial charge is 0.251 e. The van der Waals surface area contributed by atoms with E-state index < -0.39 is 6.04 Å². The van der Waals surface area contributed by atoms with Crippen molar-refractivity contribution in [3.63, 3.8) is 0 Å². The number of ether oxygens (including phenoxy) is 1. The Bertz CT molecular complexity index is 1020. The van der Waals surface area contributed by atoms with Gasteiger partial charge in [0.05, 0.1) is 30.3 Å². The lowest BCUT2D eigenvalue weighted by Gasteiger charge is -2.38. The molecular formula is C23H24ClN3O4. The van der Waals surface area contributed by atoms with Gasteiger partial charge in [-0.2, -0.15) is 0 Å². The lowest BCUT2D eigenvalue weighted by molar-refractivity contribution is -0.123. The van der Waals surface area contributed by atoms with Crippen molar-refractivity contribution < 1.29 is 19.1 Å². The van der Waals surface area contributed by atoms with E-state index in [9.17, 15) is 14.4 Å². The number of piperazine rings is 1. The van der Waals surface area contributed by atoms with Gasteiger partial charge in [-0.25, -0.2) is 4.90 Å². The van der Waals surface area contributed by atoms with Crippen molar-refractivity contribution in [2.75, 3.05) is 43.1 Å². The third kappa shape index (κ3) is 4.16. The molecular weight excluding hydrogens is 418 g/mol. The Kier molecular flexibility index (Phi) is 5.98. The normalized spacial score (nSPS) is 19.8. The zero-order valence-corrected chi connectivity index (χ0v) is 18.3. The van der Waals surface area contributed by atoms with E-state index in [2.05, 4.69) is 9.80 Å². The molecule has 0 bridgehead atoms. The summed E-state index contributed by atoms with van der Waals surface area (Å²) >= 11 is 6.18. The van der Waals surface area contributed by atoms with E-state index in [1.807, 2.05) is 24.3 Å². The number of carbonyl (C=O) groups excluding carboxylic acids is 3. The second-order valence-electron chi connectivity index (χ2n) is 7.73. The van der Waals surface area contributed by atoms with Gasteiger partial charge in [0.25, 0.3) is 5.91 Å². The summed E-state index contributed by atoms with van der Waals surface area (Å²) in [7, 11) is 1.51. The van der Waals surface area contributed by atoms with E-state index >= 15 is 0 Å². The number of amides is 2. The third-order valence-corrected chi connectivity index (χ3v) is 6.21. The van der Waals surface area contributed by atoms with Crippen molar-refractivity contribution in [2.45, 2.75) is 19.4 Å². The molecule has 2 amide bonds. The fourth-order valence-corrected chi connectivity index (χ4v) is 4.42. The van der Waals surface area contributed by atoms with Crippen LogP contribution in [-0.4, -0.2) is 61.8 Å². The standard InChI is InChI=1S/C23H24ClN3O4/c1-15(28)16-3-5-17(6-4-16)25-9-11-26(12-10-25)20-14-22(29)27(23(20)30)18-7-8-21(31-2)19(24)13-18/h3-8,13,20H,9-12,14H2,1-2H3/t20-/m0/s1. The van der Waals surface area contributed by atoms with Gasteiger partial charge in [-0.15, -0.1) is 0 Å². The van der Waals surface area contributed by atoms with Crippen LogP contribution in [0.4, 0.5) is 11.4 Å². The molecule has 0 aromatic heterocycles. The summed E-state index contributed by atoms with van der Waals surface area (Å²) in [6, 6.07) is 12.0. The zero-order chi connectivity index (χ0) is 22.1. The van der Waals surface area contributed by atoms with Crippen molar-refractivity contribution in [1.29, 1.82) is 0 Å². The fraction of sp³-hybridized carbons (Fsp3) is 0.348. The summed E-state index contributed by atoms with van der Waals surface area (Å²) in [6.45, 7) is 4.39. The molecule has 0 radical (unpaired) electrons. The Labute approximate surface area is 186 Å². The molecule has 31 heavy (non-hydrogen) atoms. The maximum Gasteiger partial charge on any atom is 0.251 e. The highest BCUT2D eigenvalue weighted by molar-refractivity contribution is 6.33. The van der Waals surface area contributed by atoms with Gasteiger partial charge in [-0.1, -0.05) is 11.6 Å². The minimum atomic E-state index is -0.462. The van der Waals surface area contributed by atoms with Gasteiger partial charge in [-0.3, -0.25) is 19.3 Å². The van der Waals surface area contributed by atoms with E-state index in [-0.39, 0.29) is 24.0 Å². The van der Waals surface area contributed by atoms with Gasteiger partial charge in [-0.05, 0) is 49.4 Å². The van der Waals surface area contributed by atoms with E-state index in [0.717, 1.165) is 18.8 Å². The molecule has 1 atom stereocenters. The third-order valence-electron chi connectivity index (χ3n) is 5.91. The van der Waals surface area contributed by atoms with Crippen LogP contribution >= 0.6 is 11.6 Å². The minimum Gasteiger partial charge on any atom is -0.495 e. The minimum absolute atomic E-state index is 0.0449. The second kappa shape index (κ2) is 8.69. The van der Waals surface area contributed by atoms with Crippen molar-refractivity contribution in [2.24, 2.45) is 0 Å². The predicted octanol–water partition coefficient (Wildman–Crippen LogP) is 3.01. The fourth-order valence-electron chi connectivity index (χ4n) is 4.17. The van der Waals surface area contributed by atoms with E-state index in [4.69, 9.17) is 16.3 Å². The first kappa shape index (κ1) is 21.3. The molecule has 0 spiro atoms.